The van der Waals surface area contributed by atoms with Crippen molar-refractivity contribution in [1.82, 2.24) is 20.6 Å². The molecule has 0 aliphatic heterocycles. The Labute approximate surface area is 116 Å². The van der Waals surface area contributed by atoms with E-state index in [0.29, 0.717) is 11.1 Å². The van der Waals surface area contributed by atoms with Crippen molar-refractivity contribution in [3.05, 3.63) is 34.5 Å². The summed E-state index contributed by atoms with van der Waals surface area (Å²) in [6.07, 6.45) is 0. The first kappa shape index (κ1) is 12.8. The van der Waals surface area contributed by atoms with Crippen LogP contribution in [-0.4, -0.2) is 33.1 Å². The molecule has 3 aromatic rings. The molecule has 0 spiro atoms. The van der Waals surface area contributed by atoms with Crippen molar-refractivity contribution >= 4 is 16.9 Å². The molecule has 0 bridgehead atoms. The molecule has 1 aromatic carbocycles. The van der Waals surface area contributed by atoms with Crippen molar-refractivity contribution in [2.24, 2.45) is 5.73 Å². The topological polar surface area (TPSA) is 137 Å². The Morgan fingerprint density at radius 1 is 1.38 bits per heavy atom. The zero-order valence-electron chi connectivity index (χ0n) is 10.6. The number of tetrazole rings is 1. The highest BCUT2D eigenvalue weighted by Crippen LogP contribution is 2.22. The molecule has 3 N–H and O–H groups in total. The van der Waals surface area contributed by atoms with Crippen LogP contribution in [0.4, 0.5) is 0 Å². The van der Waals surface area contributed by atoms with Gasteiger partial charge in [0.15, 0.2) is 17.8 Å². The fourth-order valence-corrected chi connectivity index (χ4v) is 1.76. The van der Waals surface area contributed by atoms with Crippen LogP contribution in [0.5, 0.6) is 5.75 Å². The van der Waals surface area contributed by atoms with Gasteiger partial charge < -0.3 is 14.9 Å². The van der Waals surface area contributed by atoms with Crippen LogP contribution in [0.25, 0.3) is 22.6 Å². The Balaban J connectivity index is 2.06. The zero-order valence-corrected chi connectivity index (χ0v) is 10.6. The second kappa shape index (κ2) is 5.04. The number of ether oxygens (including phenoxy) is 1. The average Bonchev–Trinajstić information content (AvgIpc) is 2.99. The SMILES string of the molecule is NC(=O)COc1ccc2c(=O)cc(-c3nn[nH]n3)oc2c1. The summed E-state index contributed by atoms with van der Waals surface area (Å²) in [7, 11) is 0. The highest BCUT2D eigenvalue weighted by molar-refractivity contribution is 5.80. The van der Waals surface area contributed by atoms with E-state index in [1.807, 2.05) is 0 Å². The molecular formula is C12H9N5O4. The Morgan fingerprint density at radius 3 is 2.95 bits per heavy atom. The molecule has 0 aliphatic carbocycles. The maximum Gasteiger partial charge on any atom is 0.255 e. The van der Waals surface area contributed by atoms with Crippen LogP contribution in [0, 0.1) is 0 Å². The molecule has 9 heteroatoms. The highest BCUT2D eigenvalue weighted by Gasteiger charge is 2.11. The van der Waals surface area contributed by atoms with Gasteiger partial charge in [0.25, 0.3) is 5.91 Å². The minimum atomic E-state index is -0.600. The lowest BCUT2D eigenvalue weighted by atomic mass is 10.2. The number of carbonyl (C=O) groups excluding carboxylic acids is 1. The fraction of sp³-hybridized carbons (Fsp3) is 0.0833. The van der Waals surface area contributed by atoms with Crippen molar-refractivity contribution in [1.29, 1.82) is 0 Å². The summed E-state index contributed by atoms with van der Waals surface area (Å²) in [6, 6.07) is 5.86. The third-order valence-electron chi connectivity index (χ3n) is 2.65. The molecule has 9 nitrogen and oxygen atoms in total. The number of benzene rings is 1. The van der Waals surface area contributed by atoms with Gasteiger partial charge in [-0.1, -0.05) is 0 Å². The molecule has 2 aromatic heterocycles. The first-order valence-electron chi connectivity index (χ1n) is 5.86. The van der Waals surface area contributed by atoms with E-state index in [1.54, 1.807) is 6.07 Å². The van der Waals surface area contributed by atoms with Crippen LogP contribution < -0.4 is 15.9 Å². The second-order valence-corrected chi connectivity index (χ2v) is 4.12. The summed E-state index contributed by atoms with van der Waals surface area (Å²) in [4.78, 5) is 22.7. The monoisotopic (exact) mass is 287 g/mol. The number of nitrogens with two attached hydrogens (primary N) is 1. The number of nitrogens with one attached hydrogen (secondary N) is 1. The Kier molecular flexibility index (Phi) is 3.07. The summed E-state index contributed by atoms with van der Waals surface area (Å²) in [5.41, 5.74) is 5.03. The number of aromatic nitrogens is 4. The quantitative estimate of drug-likeness (QED) is 0.679. The number of primary amides is 1. The van der Waals surface area contributed by atoms with Gasteiger partial charge in [-0.2, -0.15) is 5.21 Å². The largest absolute Gasteiger partial charge is 0.484 e. The van der Waals surface area contributed by atoms with Crippen LogP contribution in [0.1, 0.15) is 0 Å². The van der Waals surface area contributed by atoms with E-state index in [-0.39, 0.29) is 29.2 Å². The normalized spacial score (nSPS) is 10.7. The van der Waals surface area contributed by atoms with E-state index >= 15 is 0 Å². The summed E-state index contributed by atoms with van der Waals surface area (Å²) < 4.78 is 10.7. The number of aromatic amines is 1. The van der Waals surface area contributed by atoms with E-state index in [2.05, 4.69) is 20.6 Å². The molecule has 2 heterocycles. The number of fused-ring (bicyclic) bond motifs is 1. The summed E-state index contributed by atoms with van der Waals surface area (Å²) >= 11 is 0. The van der Waals surface area contributed by atoms with E-state index in [1.165, 1.54) is 18.2 Å². The number of hydrogen-bond acceptors (Lipinski definition) is 7. The number of amides is 1. The third kappa shape index (κ3) is 2.56. The number of carbonyl (C=O) groups is 1. The molecule has 0 saturated carbocycles. The Morgan fingerprint density at radius 2 is 2.24 bits per heavy atom. The first-order valence-corrected chi connectivity index (χ1v) is 5.86. The number of H-pyrrole nitrogens is 1. The molecule has 0 saturated heterocycles. The summed E-state index contributed by atoms with van der Waals surface area (Å²) in [5, 5.41) is 13.5. The first-order chi connectivity index (χ1) is 10.1. The minimum Gasteiger partial charge on any atom is -0.484 e. The van der Waals surface area contributed by atoms with E-state index < -0.39 is 5.91 Å². The van der Waals surface area contributed by atoms with Gasteiger partial charge in [0.1, 0.15) is 11.3 Å². The molecule has 0 fully saturated rings. The highest BCUT2D eigenvalue weighted by atomic mass is 16.5. The van der Waals surface area contributed by atoms with Crippen molar-refractivity contribution < 1.29 is 13.9 Å². The third-order valence-corrected chi connectivity index (χ3v) is 2.65. The van der Waals surface area contributed by atoms with Crippen LogP contribution in [0.15, 0.2) is 33.5 Å². The number of nitrogens with zero attached hydrogens (tertiary/aromatic N) is 3. The molecule has 0 aliphatic rings. The Bertz CT molecular complexity index is 856. The maximum atomic E-state index is 12.0. The van der Waals surface area contributed by atoms with Crippen LogP contribution in [0.2, 0.25) is 0 Å². The van der Waals surface area contributed by atoms with Gasteiger partial charge in [-0.25, -0.2) is 0 Å². The maximum absolute atomic E-state index is 12.0. The lowest BCUT2D eigenvalue weighted by Gasteiger charge is -2.05. The predicted octanol–water partition coefficient (Wildman–Crippen LogP) is -0.163. The molecular weight excluding hydrogens is 278 g/mol. The Hall–Kier alpha value is -3.23. The smallest absolute Gasteiger partial charge is 0.255 e. The second-order valence-electron chi connectivity index (χ2n) is 4.12. The van der Waals surface area contributed by atoms with Crippen molar-refractivity contribution in [2.45, 2.75) is 0 Å². The summed E-state index contributed by atoms with van der Waals surface area (Å²) in [6.45, 7) is -0.264. The van der Waals surface area contributed by atoms with Crippen LogP contribution in [0.3, 0.4) is 0 Å². The van der Waals surface area contributed by atoms with Gasteiger partial charge in [-0.15, -0.1) is 10.2 Å². The molecule has 106 valence electrons. The standard InChI is InChI=1S/C12H9N5O4/c13-11(19)5-20-6-1-2-7-8(18)4-10(21-9(7)3-6)12-14-16-17-15-12/h1-4H,5H2,(H2,13,19)(H,14,15,16,17). The lowest BCUT2D eigenvalue weighted by Crippen LogP contribution is -2.20. The van der Waals surface area contributed by atoms with Crippen LogP contribution >= 0.6 is 0 Å². The van der Waals surface area contributed by atoms with Gasteiger partial charge in [0.05, 0.1) is 5.39 Å². The average molecular weight is 287 g/mol. The zero-order chi connectivity index (χ0) is 14.8. The van der Waals surface area contributed by atoms with E-state index in [0.717, 1.165) is 0 Å². The van der Waals surface area contributed by atoms with Crippen LogP contribution in [-0.2, 0) is 4.79 Å². The molecule has 3 rings (SSSR count). The molecule has 0 radical (unpaired) electrons. The molecule has 0 atom stereocenters. The summed E-state index contributed by atoms with van der Waals surface area (Å²) in [5.74, 6) is 0.0950. The number of hydrogen-bond donors (Lipinski definition) is 2. The van der Waals surface area contributed by atoms with E-state index in [4.69, 9.17) is 14.9 Å². The van der Waals surface area contributed by atoms with Gasteiger partial charge >= 0.3 is 0 Å². The van der Waals surface area contributed by atoms with Crippen molar-refractivity contribution in [3.63, 3.8) is 0 Å². The molecule has 21 heavy (non-hydrogen) atoms. The number of rotatable bonds is 4. The van der Waals surface area contributed by atoms with Gasteiger partial charge in [-0.3, -0.25) is 9.59 Å². The lowest BCUT2D eigenvalue weighted by molar-refractivity contribution is -0.119. The molecule has 0 unspecified atom stereocenters. The predicted molar refractivity (Wildman–Crippen MR) is 70.3 cm³/mol. The van der Waals surface area contributed by atoms with Crippen molar-refractivity contribution in [2.75, 3.05) is 6.61 Å². The van der Waals surface area contributed by atoms with Gasteiger partial charge in [-0.05, 0) is 17.3 Å². The van der Waals surface area contributed by atoms with Gasteiger partial charge in [0, 0.05) is 12.1 Å². The van der Waals surface area contributed by atoms with E-state index in [9.17, 15) is 9.59 Å². The fourth-order valence-electron chi connectivity index (χ4n) is 1.76. The minimum absolute atomic E-state index is 0.164. The van der Waals surface area contributed by atoms with Gasteiger partial charge in [0.2, 0.25) is 5.82 Å². The van der Waals surface area contributed by atoms with Crippen molar-refractivity contribution in [3.8, 4) is 17.3 Å². The molecule has 1 amide bonds.